The second-order valence-corrected chi connectivity index (χ2v) is 17.7. The summed E-state index contributed by atoms with van der Waals surface area (Å²) in [6.07, 6.45) is -16.9. The lowest BCUT2D eigenvalue weighted by molar-refractivity contribution is -0.147. The van der Waals surface area contributed by atoms with E-state index in [0.29, 0.717) is 16.6 Å². The van der Waals surface area contributed by atoms with Crippen LogP contribution in [0.15, 0.2) is 65.5 Å². The largest absolute Gasteiger partial charge is 0.416 e. The Bertz CT molecular complexity index is 1990. The average Bonchev–Trinajstić information content (AvgIpc) is 3.37. The second-order valence-electron chi connectivity index (χ2n) is 15.7. The average molecular weight is 776 g/mol. The lowest BCUT2D eigenvalue weighted by Crippen LogP contribution is -2.46. The maximum Gasteiger partial charge on any atom is 0.416 e. The van der Waals surface area contributed by atoms with Crippen molar-refractivity contribution in [1.29, 1.82) is 0 Å². The molecule has 4 aromatic rings. The number of rotatable bonds is 5. The van der Waals surface area contributed by atoms with Crippen molar-refractivity contribution in [2.24, 2.45) is 5.41 Å². The van der Waals surface area contributed by atoms with Crippen molar-refractivity contribution < 1.29 is 39.5 Å². The van der Waals surface area contributed by atoms with Gasteiger partial charge in [-0.1, -0.05) is 74.4 Å². The molecule has 54 heavy (non-hydrogen) atoms. The molecule has 1 heterocycles. The Kier molecular flexibility index (Phi) is 10.8. The smallest absolute Gasteiger partial charge is 0.351 e. The summed E-state index contributed by atoms with van der Waals surface area (Å²) in [4.78, 5) is 1.84. The van der Waals surface area contributed by atoms with Crippen LogP contribution in [-0.4, -0.2) is 13.2 Å². The number of anilines is 1. The van der Waals surface area contributed by atoms with Gasteiger partial charge in [0.15, 0.2) is 0 Å². The van der Waals surface area contributed by atoms with Gasteiger partial charge in [-0.3, -0.25) is 0 Å². The van der Waals surface area contributed by atoms with Gasteiger partial charge in [-0.05, 0) is 130 Å². The van der Waals surface area contributed by atoms with Crippen molar-refractivity contribution in [3.63, 3.8) is 0 Å². The minimum absolute atomic E-state index is 0.145. The normalized spacial score (nSPS) is 14.6. The van der Waals surface area contributed by atoms with Gasteiger partial charge >= 0.3 is 18.5 Å². The first-order chi connectivity index (χ1) is 24.6. The van der Waals surface area contributed by atoms with Crippen LogP contribution in [-0.2, 0) is 18.5 Å². The zero-order valence-electron chi connectivity index (χ0n) is 32.3. The predicted octanol–water partition coefficient (Wildman–Crippen LogP) is 11.9. The fourth-order valence-corrected chi connectivity index (χ4v) is 12.0. The molecule has 0 amide bonds. The molecule has 0 radical (unpaired) electrons. The van der Waals surface area contributed by atoms with Crippen LogP contribution < -0.4 is 21.0 Å². The molecule has 0 aromatic heterocycles. The fourth-order valence-electron chi connectivity index (χ4n) is 8.44. The molecular formula is C42H44BF9NP. The predicted molar refractivity (Wildman–Crippen MR) is 204 cm³/mol. The molecular weight excluding hydrogens is 731 g/mol. The van der Waals surface area contributed by atoms with E-state index in [2.05, 4.69) is 0 Å². The maximum atomic E-state index is 15.3. The van der Waals surface area contributed by atoms with Crippen molar-refractivity contribution in [1.82, 2.24) is 0 Å². The molecule has 0 atom stereocenters. The van der Waals surface area contributed by atoms with Crippen molar-refractivity contribution in [3.05, 3.63) is 127 Å². The molecule has 0 bridgehead atoms. The van der Waals surface area contributed by atoms with Gasteiger partial charge in [0.2, 0.25) is 6.71 Å². The number of hydrogen-bond donors (Lipinski definition) is 0. The molecule has 1 aliphatic rings. The van der Waals surface area contributed by atoms with E-state index in [4.69, 9.17) is 0 Å². The highest BCUT2D eigenvalue weighted by atomic mass is 31.1. The van der Waals surface area contributed by atoms with Gasteiger partial charge in [0.1, 0.15) is 0 Å². The number of benzene rings is 4. The van der Waals surface area contributed by atoms with Gasteiger partial charge in [0, 0.05) is 23.2 Å². The third-order valence-electron chi connectivity index (χ3n) is 10.1. The SMILES string of the molecule is Cc1cc(C)c(P(C2=C(C(C)(C)C)N(c3c(C)cccc3C)CB2c2c(C(F)(F)F)cc(C(F)(F)F)cc2C(F)(F)F)c2c(C)cc(C)cc2C)c(C)c1. The number of para-hydroxylation sites is 1. The van der Waals surface area contributed by atoms with Gasteiger partial charge < -0.3 is 4.90 Å². The van der Waals surface area contributed by atoms with Gasteiger partial charge in [-0.25, -0.2) is 0 Å². The molecule has 12 heteroatoms. The van der Waals surface area contributed by atoms with Crippen LogP contribution >= 0.6 is 7.92 Å². The Morgan fingerprint density at radius 2 is 0.944 bits per heavy atom. The summed E-state index contributed by atoms with van der Waals surface area (Å²) in [5, 5.41) is 1.95. The van der Waals surface area contributed by atoms with Crippen molar-refractivity contribution >= 4 is 36.4 Å². The summed E-state index contributed by atoms with van der Waals surface area (Å²) in [6, 6.07) is 13.0. The van der Waals surface area contributed by atoms with Gasteiger partial charge in [0.25, 0.3) is 0 Å². The number of nitrogens with zero attached hydrogens (tertiary/aromatic N) is 1. The quantitative estimate of drug-likeness (QED) is 0.111. The van der Waals surface area contributed by atoms with E-state index in [9.17, 15) is 13.2 Å². The molecule has 0 fully saturated rings. The first kappa shape index (κ1) is 41.4. The van der Waals surface area contributed by atoms with Crippen LogP contribution in [0.1, 0.15) is 82.0 Å². The summed E-state index contributed by atoms with van der Waals surface area (Å²) in [7, 11) is -1.91. The summed E-state index contributed by atoms with van der Waals surface area (Å²) >= 11 is 0. The number of halogens is 9. The number of allylic oxidation sites excluding steroid dienone is 1. The van der Waals surface area contributed by atoms with E-state index in [1.54, 1.807) is 0 Å². The minimum atomic E-state index is -5.55. The lowest BCUT2D eigenvalue weighted by Gasteiger charge is -2.37. The Morgan fingerprint density at radius 1 is 0.556 bits per heavy atom. The summed E-state index contributed by atoms with van der Waals surface area (Å²) in [5.74, 6) is 0. The number of hydrogen-bond acceptors (Lipinski definition) is 1. The second kappa shape index (κ2) is 14.1. The zero-order chi connectivity index (χ0) is 40.6. The molecule has 288 valence electrons. The topological polar surface area (TPSA) is 3.24 Å². The van der Waals surface area contributed by atoms with Crippen LogP contribution in [0.25, 0.3) is 0 Å². The molecule has 1 aliphatic heterocycles. The van der Waals surface area contributed by atoms with E-state index in [1.807, 2.05) is 124 Å². The Hall–Kier alpha value is -3.72. The highest BCUT2D eigenvalue weighted by molar-refractivity contribution is 7.80. The highest BCUT2D eigenvalue weighted by Gasteiger charge is 2.53. The Morgan fingerprint density at radius 3 is 1.28 bits per heavy atom. The monoisotopic (exact) mass is 775 g/mol. The summed E-state index contributed by atoms with van der Waals surface area (Å²) in [5.41, 5.74) is -0.0620. The molecule has 0 spiro atoms. The van der Waals surface area contributed by atoms with Crippen molar-refractivity contribution in [3.8, 4) is 0 Å². The standard InChI is InChI=1S/C42H44BF9NP/c1-22-15-26(5)35(27(6)16-22)54(36-28(7)17-23(2)18-29(36)8)38-37(39(9,10)11)53(34-24(3)13-12-14-25(34)4)21-43(38)33-31(41(47,48)49)19-30(40(44,45)46)20-32(33)42(50,51)52/h12-20H,21H2,1-11H3. The maximum absolute atomic E-state index is 15.3. The molecule has 0 aliphatic carbocycles. The van der Waals surface area contributed by atoms with Crippen LogP contribution in [0.4, 0.5) is 45.2 Å². The summed E-state index contributed by atoms with van der Waals surface area (Å²) < 4.78 is 134. The van der Waals surface area contributed by atoms with E-state index < -0.39 is 60.7 Å². The molecule has 4 aromatic carbocycles. The van der Waals surface area contributed by atoms with Crippen molar-refractivity contribution in [2.45, 2.75) is 94.7 Å². The fraction of sp³-hybridized carbons (Fsp3) is 0.381. The van der Waals surface area contributed by atoms with Crippen LogP contribution in [0.3, 0.4) is 0 Å². The van der Waals surface area contributed by atoms with Crippen LogP contribution in [0, 0.1) is 60.8 Å². The molecule has 0 saturated heterocycles. The third-order valence-corrected chi connectivity index (χ3v) is 13.4. The third kappa shape index (κ3) is 7.72. The van der Waals surface area contributed by atoms with Gasteiger partial charge in [-0.2, -0.15) is 39.5 Å². The Labute approximate surface area is 313 Å². The van der Waals surface area contributed by atoms with E-state index in [-0.39, 0.29) is 18.6 Å². The number of aryl methyl sites for hydroxylation is 8. The minimum Gasteiger partial charge on any atom is -0.351 e. The Balaban J connectivity index is 2.12. The first-order valence-electron chi connectivity index (χ1n) is 17.6. The van der Waals surface area contributed by atoms with Crippen LogP contribution in [0.2, 0.25) is 0 Å². The lowest BCUT2D eigenvalue weighted by atomic mass is 9.43. The number of alkyl halides is 9. The molecule has 0 N–H and O–H groups in total. The molecule has 5 rings (SSSR count). The summed E-state index contributed by atoms with van der Waals surface area (Å²) in [6.45, 7) is 19.1. The van der Waals surface area contributed by atoms with Gasteiger partial charge in [0.05, 0.1) is 16.7 Å². The highest BCUT2D eigenvalue weighted by Crippen LogP contribution is 2.57. The van der Waals surface area contributed by atoms with Crippen LogP contribution in [0.5, 0.6) is 0 Å². The molecule has 1 nitrogen and oxygen atoms in total. The van der Waals surface area contributed by atoms with E-state index >= 15 is 26.3 Å². The van der Waals surface area contributed by atoms with E-state index in [1.165, 1.54) is 0 Å². The molecule has 0 unspecified atom stereocenters. The van der Waals surface area contributed by atoms with E-state index in [0.717, 1.165) is 55.1 Å². The first-order valence-corrected chi connectivity index (χ1v) is 18.9. The van der Waals surface area contributed by atoms with Crippen molar-refractivity contribution in [2.75, 3.05) is 11.3 Å². The zero-order valence-corrected chi connectivity index (χ0v) is 33.2. The van der Waals surface area contributed by atoms with Gasteiger partial charge in [-0.15, -0.1) is 0 Å². The molecule has 0 saturated carbocycles.